The molecule has 7 heteroatoms. The van der Waals surface area contributed by atoms with Gasteiger partial charge in [0.15, 0.2) is 0 Å². The molecule has 6 nitrogen and oxygen atoms in total. The summed E-state index contributed by atoms with van der Waals surface area (Å²) in [5, 5.41) is 36.3. The third-order valence-corrected chi connectivity index (χ3v) is 6.16. The summed E-state index contributed by atoms with van der Waals surface area (Å²) in [5.41, 5.74) is 1.77. The van der Waals surface area contributed by atoms with Crippen LogP contribution in [-0.4, -0.2) is 41.4 Å². The summed E-state index contributed by atoms with van der Waals surface area (Å²) in [6.07, 6.45) is 2.93. The number of carboxylic acid groups (broad SMARTS) is 1. The Labute approximate surface area is 181 Å². The second-order valence-corrected chi connectivity index (χ2v) is 8.19. The molecule has 1 aliphatic rings. The van der Waals surface area contributed by atoms with E-state index in [-0.39, 0.29) is 11.5 Å². The van der Waals surface area contributed by atoms with Gasteiger partial charge in [0.1, 0.15) is 0 Å². The van der Waals surface area contributed by atoms with Crippen LogP contribution < -0.4 is 10.6 Å². The first-order valence-electron chi connectivity index (χ1n) is 10.1. The molecule has 0 spiro atoms. The molecular formula is C23H26ClN3O3. The van der Waals surface area contributed by atoms with E-state index in [2.05, 4.69) is 16.7 Å². The molecule has 1 heterocycles. The smallest absolute Gasteiger partial charge is 0.335 e. The Kier molecular flexibility index (Phi) is 7.33. The van der Waals surface area contributed by atoms with Gasteiger partial charge >= 0.3 is 5.97 Å². The van der Waals surface area contributed by atoms with Crippen molar-refractivity contribution in [2.75, 3.05) is 25.0 Å². The number of aliphatic hydroxyl groups is 1. The van der Waals surface area contributed by atoms with E-state index >= 15 is 0 Å². The molecule has 0 radical (unpaired) electrons. The van der Waals surface area contributed by atoms with Gasteiger partial charge in [-0.3, -0.25) is 0 Å². The summed E-state index contributed by atoms with van der Waals surface area (Å²) in [5.74, 6) is -1.03. The number of hydrogen-bond donors (Lipinski definition) is 4. The van der Waals surface area contributed by atoms with Crippen molar-refractivity contribution in [1.82, 2.24) is 5.32 Å². The van der Waals surface area contributed by atoms with Crippen LogP contribution in [0.5, 0.6) is 0 Å². The zero-order chi connectivity index (χ0) is 21.6. The van der Waals surface area contributed by atoms with Gasteiger partial charge in [-0.05, 0) is 74.7 Å². The van der Waals surface area contributed by atoms with Gasteiger partial charge in [0.25, 0.3) is 0 Å². The number of nitrogens with zero attached hydrogens (tertiary/aromatic N) is 1. The minimum absolute atomic E-state index is 0.00883. The number of nitriles is 1. The van der Waals surface area contributed by atoms with Gasteiger partial charge in [-0.25, -0.2) is 4.79 Å². The van der Waals surface area contributed by atoms with Gasteiger partial charge in [0.05, 0.1) is 33.5 Å². The molecule has 1 unspecified atom stereocenters. The van der Waals surface area contributed by atoms with Crippen molar-refractivity contribution in [2.24, 2.45) is 5.92 Å². The fraction of sp³-hybridized carbons (Fsp3) is 0.391. The van der Waals surface area contributed by atoms with Crippen LogP contribution >= 0.6 is 11.6 Å². The van der Waals surface area contributed by atoms with Crippen molar-refractivity contribution in [3.8, 4) is 6.07 Å². The third kappa shape index (κ3) is 5.51. The maximum Gasteiger partial charge on any atom is 0.335 e. The number of hydrogen-bond acceptors (Lipinski definition) is 5. The van der Waals surface area contributed by atoms with Gasteiger partial charge in [-0.2, -0.15) is 5.26 Å². The third-order valence-electron chi connectivity index (χ3n) is 5.85. The average molecular weight is 428 g/mol. The summed E-state index contributed by atoms with van der Waals surface area (Å²) in [7, 11) is 0. The van der Waals surface area contributed by atoms with E-state index in [4.69, 9.17) is 22.0 Å². The van der Waals surface area contributed by atoms with E-state index in [1.165, 1.54) is 12.1 Å². The maximum absolute atomic E-state index is 11.3. The van der Waals surface area contributed by atoms with Gasteiger partial charge in [-0.1, -0.05) is 23.7 Å². The molecular weight excluding hydrogens is 402 g/mol. The van der Waals surface area contributed by atoms with Crippen molar-refractivity contribution in [3.63, 3.8) is 0 Å². The van der Waals surface area contributed by atoms with Gasteiger partial charge in [-0.15, -0.1) is 0 Å². The summed E-state index contributed by atoms with van der Waals surface area (Å²) in [6.45, 7) is 2.08. The lowest BCUT2D eigenvalue weighted by molar-refractivity contribution is -0.0418. The first kappa shape index (κ1) is 22.1. The second-order valence-electron chi connectivity index (χ2n) is 7.78. The van der Waals surface area contributed by atoms with E-state index < -0.39 is 11.6 Å². The Hall–Kier alpha value is -2.59. The zero-order valence-corrected chi connectivity index (χ0v) is 17.5. The predicted octanol–water partition coefficient (Wildman–Crippen LogP) is 3.69. The van der Waals surface area contributed by atoms with E-state index in [1.807, 2.05) is 24.3 Å². The van der Waals surface area contributed by atoms with Crippen LogP contribution in [0.15, 0.2) is 42.5 Å². The fourth-order valence-electron chi connectivity index (χ4n) is 3.94. The number of carbonyl (C=O) groups is 1. The van der Waals surface area contributed by atoms with Crippen LogP contribution in [0, 0.1) is 17.2 Å². The van der Waals surface area contributed by atoms with Gasteiger partial charge in [0.2, 0.25) is 0 Å². The number of carboxylic acids is 1. The number of anilines is 1. The van der Waals surface area contributed by atoms with Crippen molar-refractivity contribution in [2.45, 2.75) is 31.3 Å². The van der Waals surface area contributed by atoms with Crippen LogP contribution in [-0.2, 0) is 6.42 Å². The first-order valence-corrected chi connectivity index (χ1v) is 10.5. The maximum atomic E-state index is 11.3. The Morgan fingerprint density at radius 1 is 1.23 bits per heavy atom. The lowest BCUT2D eigenvalue weighted by Gasteiger charge is -2.40. The largest absolute Gasteiger partial charge is 0.478 e. The molecule has 1 atom stereocenters. The molecule has 1 fully saturated rings. The first-order chi connectivity index (χ1) is 14.4. The molecule has 2 aromatic carbocycles. The summed E-state index contributed by atoms with van der Waals surface area (Å²) in [6, 6.07) is 14.3. The standard InChI is InChI=1S/C23H26ClN3O3/c24-20-13-18(22(28)29)6-8-21(20)27-15-19(23(30)9-11-26-12-10-23)7-5-16-1-3-17(14-25)4-2-16/h1-4,6,8,13,19,26-27,30H,5,7,9-12,15H2,(H,28,29). The Bertz CT molecular complexity index is 918. The molecule has 0 aromatic heterocycles. The number of nitrogens with one attached hydrogen (secondary N) is 2. The van der Waals surface area contributed by atoms with Gasteiger partial charge < -0.3 is 20.8 Å². The van der Waals surface area contributed by atoms with Crippen LogP contribution in [0.2, 0.25) is 5.02 Å². The topological polar surface area (TPSA) is 105 Å². The molecule has 2 aromatic rings. The minimum Gasteiger partial charge on any atom is -0.478 e. The number of halogens is 1. The lowest BCUT2D eigenvalue weighted by Crippen LogP contribution is -2.49. The highest BCUT2D eigenvalue weighted by atomic mass is 35.5. The summed E-state index contributed by atoms with van der Waals surface area (Å²) < 4.78 is 0. The van der Waals surface area contributed by atoms with E-state index in [0.717, 1.165) is 31.5 Å². The molecule has 0 saturated carbocycles. The van der Waals surface area contributed by atoms with E-state index in [1.54, 1.807) is 6.07 Å². The normalized spacial score (nSPS) is 16.4. The SMILES string of the molecule is N#Cc1ccc(CCC(CNc2ccc(C(=O)O)cc2Cl)C2(O)CCNCC2)cc1. The number of rotatable bonds is 8. The molecule has 158 valence electrons. The van der Waals surface area contributed by atoms with Crippen molar-refractivity contribution in [1.29, 1.82) is 5.26 Å². The van der Waals surface area contributed by atoms with Crippen LogP contribution in [0.4, 0.5) is 5.69 Å². The number of aryl methyl sites for hydroxylation is 1. The predicted molar refractivity (Wildman–Crippen MR) is 117 cm³/mol. The Morgan fingerprint density at radius 3 is 2.53 bits per heavy atom. The Balaban J connectivity index is 1.71. The summed E-state index contributed by atoms with van der Waals surface area (Å²) in [4.78, 5) is 11.1. The summed E-state index contributed by atoms with van der Waals surface area (Å²) >= 11 is 6.25. The number of benzene rings is 2. The van der Waals surface area contributed by atoms with Crippen molar-refractivity contribution in [3.05, 3.63) is 64.2 Å². The van der Waals surface area contributed by atoms with Crippen LogP contribution in [0.25, 0.3) is 0 Å². The highest BCUT2D eigenvalue weighted by Crippen LogP contribution is 2.32. The van der Waals surface area contributed by atoms with Gasteiger partial charge in [0, 0.05) is 12.5 Å². The van der Waals surface area contributed by atoms with Crippen molar-refractivity contribution < 1.29 is 15.0 Å². The lowest BCUT2D eigenvalue weighted by atomic mass is 9.77. The quantitative estimate of drug-likeness (QED) is 0.512. The van der Waals surface area contributed by atoms with E-state index in [9.17, 15) is 9.90 Å². The Morgan fingerprint density at radius 2 is 1.93 bits per heavy atom. The molecule has 30 heavy (non-hydrogen) atoms. The molecule has 4 N–H and O–H groups in total. The van der Waals surface area contributed by atoms with Crippen LogP contribution in [0.3, 0.4) is 0 Å². The van der Waals surface area contributed by atoms with Crippen molar-refractivity contribution >= 4 is 23.3 Å². The molecule has 0 aliphatic carbocycles. The molecule has 0 amide bonds. The highest BCUT2D eigenvalue weighted by Gasteiger charge is 2.37. The second kappa shape index (κ2) is 9.94. The molecule has 3 rings (SSSR count). The molecule has 1 saturated heterocycles. The minimum atomic E-state index is -1.02. The monoisotopic (exact) mass is 427 g/mol. The average Bonchev–Trinajstić information content (AvgIpc) is 2.75. The van der Waals surface area contributed by atoms with Crippen LogP contribution in [0.1, 0.15) is 40.7 Å². The fourth-order valence-corrected chi connectivity index (χ4v) is 4.19. The number of aromatic carboxylic acids is 1. The molecule has 1 aliphatic heterocycles. The number of piperidine rings is 1. The van der Waals surface area contributed by atoms with E-state index in [0.29, 0.717) is 35.7 Å². The highest BCUT2D eigenvalue weighted by molar-refractivity contribution is 6.33. The molecule has 0 bridgehead atoms. The zero-order valence-electron chi connectivity index (χ0n) is 16.7.